The van der Waals surface area contributed by atoms with Crippen LogP contribution in [0.4, 0.5) is 0 Å². The molecule has 2 rings (SSSR count). The number of aliphatic hydroxyl groups excluding tert-OH is 1. The molecule has 20 heavy (non-hydrogen) atoms. The number of hydrogen-bond donors (Lipinski definition) is 1. The zero-order chi connectivity index (χ0) is 14.5. The average molecular weight is 272 g/mol. The van der Waals surface area contributed by atoms with Crippen LogP contribution in [-0.2, 0) is 12.8 Å². The quantitative estimate of drug-likeness (QED) is 0.871. The molecule has 1 aromatic heterocycles. The van der Waals surface area contributed by atoms with Crippen LogP contribution in [0.15, 0.2) is 36.4 Å². The Morgan fingerprint density at radius 2 is 1.80 bits per heavy atom. The molecular weight excluding hydrogens is 248 g/mol. The molecule has 0 aliphatic rings. The largest absolute Gasteiger partial charge is 0.386 e. The molecule has 0 spiro atoms. The van der Waals surface area contributed by atoms with Crippen molar-refractivity contribution in [1.82, 2.24) is 9.78 Å². The van der Waals surface area contributed by atoms with E-state index in [1.807, 2.05) is 35.0 Å². The normalized spacial score (nSPS) is 14.2. The zero-order valence-electron chi connectivity index (χ0n) is 12.6. The number of rotatable bonds is 6. The standard InChI is InChI=1S/C17H24N2O/c1-4-14-12-15(5-2)19(18-14)16(6-3)17(20)13-10-8-7-9-11-13/h7-12,16-17,20H,4-6H2,1-3H3. The molecule has 2 aromatic rings. The number of benzene rings is 1. The van der Waals surface area contributed by atoms with Crippen molar-refractivity contribution in [2.45, 2.75) is 52.2 Å². The minimum Gasteiger partial charge on any atom is -0.386 e. The van der Waals surface area contributed by atoms with E-state index in [0.717, 1.165) is 30.5 Å². The summed E-state index contributed by atoms with van der Waals surface area (Å²) in [6.45, 7) is 6.35. The van der Waals surface area contributed by atoms with E-state index in [2.05, 4.69) is 31.9 Å². The Morgan fingerprint density at radius 3 is 2.35 bits per heavy atom. The lowest BCUT2D eigenvalue weighted by Crippen LogP contribution is -2.20. The molecule has 1 N–H and O–H groups in total. The Bertz CT molecular complexity index is 533. The van der Waals surface area contributed by atoms with Crippen molar-refractivity contribution in [2.24, 2.45) is 0 Å². The van der Waals surface area contributed by atoms with Gasteiger partial charge in [0, 0.05) is 5.69 Å². The summed E-state index contributed by atoms with van der Waals surface area (Å²) < 4.78 is 2.02. The van der Waals surface area contributed by atoms with Crippen molar-refractivity contribution in [1.29, 1.82) is 0 Å². The fourth-order valence-electron chi connectivity index (χ4n) is 2.62. The molecule has 0 amide bonds. The molecule has 0 aliphatic heterocycles. The minimum atomic E-state index is -0.517. The SMILES string of the molecule is CCc1cc(CC)n(C(CC)C(O)c2ccccc2)n1. The lowest BCUT2D eigenvalue weighted by atomic mass is 10.00. The molecule has 3 heteroatoms. The molecule has 0 radical (unpaired) electrons. The first-order chi connectivity index (χ1) is 9.71. The summed E-state index contributed by atoms with van der Waals surface area (Å²) in [7, 11) is 0. The molecule has 0 saturated carbocycles. The topological polar surface area (TPSA) is 38.0 Å². The molecule has 1 aromatic carbocycles. The summed E-state index contributed by atoms with van der Waals surface area (Å²) in [5, 5.41) is 15.3. The molecule has 108 valence electrons. The van der Waals surface area contributed by atoms with Gasteiger partial charge in [-0.15, -0.1) is 0 Å². The molecule has 1 heterocycles. The molecule has 0 bridgehead atoms. The van der Waals surface area contributed by atoms with E-state index < -0.39 is 6.10 Å². The third kappa shape index (κ3) is 2.93. The maximum absolute atomic E-state index is 10.7. The fourth-order valence-corrected chi connectivity index (χ4v) is 2.62. The maximum Gasteiger partial charge on any atom is 0.101 e. The van der Waals surface area contributed by atoms with Gasteiger partial charge in [-0.25, -0.2) is 0 Å². The van der Waals surface area contributed by atoms with Crippen molar-refractivity contribution in [2.75, 3.05) is 0 Å². The van der Waals surface area contributed by atoms with Gasteiger partial charge in [-0.05, 0) is 30.9 Å². The minimum absolute atomic E-state index is 0.00681. The van der Waals surface area contributed by atoms with Gasteiger partial charge in [-0.3, -0.25) is 4.68 Å². The van der Waals surface area contributed by atoms with Crippen LogP contribution >= 0.6 is 0 Å². The summed E-state index contributed by atoms with van der Waals surface area (Å²) in [5.41, 5.74) is 3.25. The number of aliphatic hydroxyl groups is 1. The van der Waals surface area contributed by atoms with E-state index >= 15 is 0 Å². The highest BCUT2D eigenvalue weighted by Gasteiger charge is 2.23. The molecule has 3 nitrogen and oxygen atoms in total. The number of aryl methyl sites for hydroxylation is 2. The molecule has 0 aliphatic carbocycles. The summed E-state index contributed by atoms with van der Waals surface area (Å²) in [6, 6.07) is 12.0. The Kier molecular flexibility index (Phi) is 4.96. The van der Waals surface area contributed by atoms with Crippen LogP contribution in [0.2, 0.25) is 0 Å². The molecular formula is C17H24N2O. The van der Waals surface area contributed by atoms with Crippen LogP contribution in [0.3, 0.4) is 0 Å². The smallest absolute Gasteiger partial charge is 0.101 e. The van der Waals surface area contributed by atoms with E-state index in [0.29, 0.717) is 0 Å². The summed E-state index contributed by atoms with van der Waals surface area (Å²) in [4.78, 5) is 0. The first kappa shape index (κ1) is 14.8. The van der Waals surface area contributed by atoms with Gasteiger partial charge in [-0.2, -0.15) is 5.10 Å². The first-order valence-corrected chi connectivity index (χ1v) is 7.51. The van der Waals surface area contributed by atoms with Gasteiger partial charge in [-0.1, -0.05) is 51.1 Å². The second kappa shape index (κ2) is 6.71. The Balaban J connectivity index is 2.34. The van der Waals surface area contributed by atoms with Gasteiger partial charge in [0.25, 0.3) is 0 Å². The van der Waals surface area contributed by atoms with Crippen molar-refractivity contribution in [3.05, 3.63) is 53.3 Å². The predicted molar refractivity (Wildman–Crippen MR) is 81.7 cm³/mol. The van der Waals surface area contributed by atoms with E-state index in [1.54, 1.807) is 0 Å². The predicted octanol–water partition coefficient (Wildman–Crippen LogP) is 3.69. The number of nitrogens with zero attached hydrogens (tertiary/aromatic N) is 2. The highest BCUT2D eigenvalue weighted by molar-refractivity contribution is 5.20. The monoisotopic (exact) mass is 272 g/mol. The highest BCUT2D eigenvalue weighted by atomic mass is 16.3. The zero-order valence-corrected chi connectivity index (χ0v) is 12.6. The van der Waals surface area contributed by atoms with Crippen LogP contribution in [0.5, 0.6) is 0 Å². The van der Waals surface area contributed by atoms with Gasteiger partial charge in [0.05, 0.1) is 11.7 Å². The second-order valence-electron chi connectivity index (χ2n) is 5.11. The molecule has 0 fully saturated rings. The van der Waals surface area contributed by atoms with Gasteiger partial charge in [0.1, 0.15) is 6.10 Å². The summed E-state index contributed by atoms with van der Waals surface area (Å²) in [5.74, 6) is 0. The van der Waals surface area contributed by atoms with Crippen LogP contribution < -0.4 is 0 Å². The van der Waals surface area contributed by atoms with E-state index in [4.69, 9.17) is 0 Å². The van der Waals surface area contributed by atoms with Gasteiger partial charge < -0.3 is 5.11 Å². The van der Waals surface area contributed by atoms with Crippen molar-refractivity contribution in [3.63, 3.8) is 0 Å². The fraction of sp³-hybridized carbons (Fsp3) is 0.471. The molecule has 2 atom stereocenters. The van der Waals surface area contributed by atoms with Crippen LogP contribution in [0.25, 0.3) is 0 Å². The van der Waals surface area contributed by atoms with E-state index in [-0.39, 0.29) is 6.04 Å². The Morgan fingerprint density at radius 1 is 1.10 bits per heavy atom. The summed E-state index contributed by atoms with van der Waals surface area (Å²) >= 11 is 0. The van der Waals surface area contributed by atoms with E-state index in [1.165, 1.54) is 5.69 Å². The average Bonchev–Trinajstić information content (AvgIpc) is 2.92. The van der Waals surface area contributed by atoms with Gasteiger partial charge in [0.2, 0.25) is 0 Å². The molecule has 0 saturated heterocycles. The lowest BCUT2D eigenvalue weighted by molar-refractivity contribution is 0.102. The van der Waals surface area contributed by atoms with Gasteiger partial charge >= 0.3 is 0 Å². The second-order valence-corrected chi connectivity index (χ2v) is 5.11. The summed E-state index contributed by atoms with van der Waals surface area (Å²) in [6.07, 6.45) is 2.20. The Hall–Kier alpha value is -1.61. The van der Waals surface area contributed by atoms with E-state index in [9.17, 15) is 5.11 Å². The lowest BCUT2D eigenvalue weighted by Gasteiger charge is -2.24. The third-order valence-corrected chi connectivity index (χ3v) is 3.83. The van der Waals surface area contributed by atoms with Crippen LogP contribution in [0, 0.1) is 0 Å². The Labute approximate surface area is 121 Å². The van der Waals surface area contributed by atoms with Crippen LogP contribution in [-0.4, -0.2) is 14.9 Å². The highest BCUT2D eigenvalue weighted by Crippen LogP contribution is 2.30. The maximum atomic E-state index is 10.7. The van der Waals surface area contributed by atoms with Crippen molar-refractivity contribution >= 4 is 0 Å². The number of aromatic nitrogens is 2. The first-order valence-electron chi connectivity index (χ1n) is 7.51. The third-order valence-electron chi connectivity index (χ3n) is 3.83. The van der Waals surface area contributed by atoms with Crippen molar-refractivity contribution < 1.29 is 5.11 Å². The molecule has 2 unspecified atom stereocenters. The van der Waals surface area contributed by atoms with Crippen LogP contribution in [0.1, 0.15) is 56.3 Å². The van der Waals surface area contributed by atoms with Crippen molar-refractivity contribution in [3.8, 4) is 0 Å². The van der Waals surface area contributed by atoms with Gasteiger partial charge in [0.15, 0.2) is 0 Å². The number of hydrogen-bond acceptors (Lipinski definition) is 2.